The first-order valence-electron chi connectivity index (χ1n) is 11.7. The van der Waals surface area contributed by atoms with E-state index < -0.39 is 0 Å². The summed E-state index contributed by atoms with van der Waals surface area (Å²) in [6, 6.07) is 20.5. The van der Waals surface area contributed by atoms with Crippen LogP contribution in [0.15, 0.2) is 60.7 Å². The molecule has 0 N–H and O–H groups in total. The van der Waals surface area contributed by atoms with E-state index in [1.54, 1.807) is 7.11 Å². The van der Waals surface area contributed by atoms with Crippen molar-refractivity contribution in [2.75, 3.05) is 56.2 Å². The normalized spacial score (nSPS) is 16.2. The highest BCUT2D eigenvalue weighted by Gasteiger charge is 2.28. The lowest BCUT2D eigenvalue weighted by atomic mass is 10.1. The van der Waals surface area contributed by atoms with E-state index in [9.17, 15) is 4.79 Å². The van der Waals surface area contributed by atoms with Crippen LogP contribution in [0.3, 0.4) is 0 Å². The molecule has 0 unspecified atom stereocenters. The van der Waals surface area contributed by atoms with Crippen molar-refractivity contribution >= 4 is 28.1 Å². The van der Waals surface area contributed by atoms with Crippen LogP contribution in [0.1, 0.15) is 29.6 Å². The van der Waals surface area contributed by atoms with Crippen LogP contribution in [-0.4, -0.2) is 57.2 Å². The van der Waals surface area contributed by atoms with Gasteiger partial charge in [0.1, 0.15) is 5.75 Å². The van der Waals surface area contributed by atoms with E-state index in [0.717, 1.165) is 79.9 Å². The molecule has 1 amide bonds. The zero-order valence-electron chi connectivity index (χ0n) is 18.8. The van der Waals surface area contributed by atoms with E-state index in [4.69, 9.17) is 4.74 Å². The number of hydrogen-bond donors (Lipinski definition) is 0. The van der Waals surface area contributed by atoms with E-state index in [1.165, 1.54) is 12.1 Å². The lowest BCUT2D eigenvalue weighted by Gasteiger charge is -2.36. The molecule has 5 nitrogen and oxygen atoms in total. The molecule has 0 aliphatic carbocycles. The lowest BCUT2D eigenvalue weighted by molar-refractivity contribution is 0.0992. The summed E-state index contributed by atoms with van der Waals surface area (Å²) in [5.74, 6) is 1.11. The first-order chi connectivity index (χ1) is 15.8. The Morgan fingerprint density at radius 3 is 2.31 bits per heavy atom. The van der Waals surface area contributed by atoms with Crippen molar-refractivity contribution in [3.63, 3.8) is 0 Å². The molecule has 2 heterocycles. The predicted octanol–water partition coefficient (Wildman–Crippen LogP) is 4.80. The van der Waals surface area contributed by atoms with Crippen molar-refractivity contribution in [3.05, 3.63) is 66.2 Å². The van der Waals surface area contributed by atoms with Gasteiger partial charge in [-0.15, -0.1) is 0 Å². The van der Waals surface area contributed by atoms with Gasteiger partial charge in [0, 0.05) is 43.7 Å². The molecule has 2 aliphatic heterocycles. The number of rotatable bonds is 8. The zero-order chi connectivity index (χ0) is 21.9. The van der Waals surface area contributed by atoms with E-state index >= 15 is 0 Å². The summed E-state index contributed by atoms with van der Waals surface area (Å²) >= 11 is 0. The standard InChI is InChI=1S/C27H31N3O2/c1-32-25-14-4-3-12-23(25)29-19-17-28(18-20-29)15-5-2-6-16-30-24-13-8-10-21-9-7-11-22(26(21)24)27(30)31/h3-4,7-14H,2,5-6,15-20H2,1H3. The summed E-state index contributed by atoms with van der Waals surface area (Å²) in [4.78, 5) is 19.8. The summed E-state index contributed by atoms with van der Waals surface area (Å²) in [7, 11) is 1.74. The van der Waals surface area contributed by atoms with E-state index in [2.05, 4.69) is 46.2 Å². The van der Waals surface area contributed by atoms with Crippen LogP contribution in [0.5, 0.6) is 5.75 Å². The van der Waals surface area contributed by atoms with Crippen molar-refractivity contribution in [1.29, 1.82) is 0 Å². The molecule has 0 bridgehead atoms. The maximum Gasteiger partial charge on any atom is 0.258 e. The summed E-state index contributed by atoms with van der Waals surface area (Å²) in [6.45, 7) is 6.16. The van der Waals surface area contributed by atoms with Crippen LogP contribution in [0.4, 0.5) is 11.4 Å². The predicted molar refractivity (Wildman–Crippen MR) is 131 cm³/mol. The zero-order valence-corrected chi connectivity index (χ0v) is 18.8. The van der Waals surface area contributed by atoms with Gasteiger partial charge < -0.3 is 14.5 Å². The fourth-order valence-corrected chi connectivity index (χ4v) is 5.09. The Balaban J connectivity index is 1.07. The van der Waals surface area contributed by atoms with E-state index in [-0.39, 0.29) is 5.91 Å². The molecule has 0 atom stereocenters. The number of benzene rings is 3. The molecule has 0 saturated carbocycles. The van der Waals surface area contributed by atoms with Gasteiger partial charge >= 0.3 is 0 Å². The fraction of sp³-hybridized carbons (Fsp3) is 0.370. The molecule has 1 fully saturated rings. The van der Waals surface area contributed by atoms with Crippen molar-refractivity contribution in [3.8, 4) is 5.75 Å². The summed E-state index contributed by atoms with van der Waals surface area (Å²) in [5, 5.41) is 2.27. The second-order valence-electron chi connectivity index (χ2n) is 8.70. The Kier molecular flexibility index (Phi) is 5.99. The van der Waals surface area contributed by atoms with E-state index in [1.807, 2.05) is 29.2 Å². The Hall–Kier alpha value is -3.05. The van der Waals surface area contributed by atoms with Crippen LogP contribution in [-0.2, 0) is 0 Å². The highest BCUT2D eigenvalue weighted by molar-refractivity contribution is 6.24. The number of piperazine rings is 1. The molecular formula is C27H31N3O2. The van der Waals surface area contributed by atoms with Crippen molar-refractivity contribution in [2.24, 2.45) is 0 Å². The van der Waals surface area contributed by atoms with Crippen LogP contribution in [0.2, 0.25) is 0 Å². The number of para-hydroxylation sites is 2. The smallest absolute Gasteiger partial charge is 0.258 e. The Morgan fingerprint density at radius 1 is 0.781 bits per heavy atom. The number of methoxy groups -OCH3 is 1. The summed E-state index contributed by atoms with van der Waals surface area (Å²) < 4.78 is 5.52. The maximum absolute atomic E-state index is 12.9. The molecule has 2 aliphatic rings. The number of unbranched alkanes of at least 4 members (excludes halogenated alkanes) is 2. The molecule has 1 saturated heterocycles. The maximum atomic E-state index is 12.9. The number of amides is 1. The molecule has 5 rings (SSSR count). The molecule has 0 aromatic heterocycles. The Bertz CT molecular complexity index is 1100. The fourth-order valence-electron chi connectivity index (χ4n) is 5.09. The van der Waals surface area contributed by atoms with Crippen molar-refractivity contribution < 1.29 is 9.53 Å². The minimum absolute atomic E-state index is 0.157. The minimum atomic E-state index is 0.157. The molecule has 5 heteroatoms. The van der Waals surface area contributed by atoms with Gasteiger partial charge in [0.05, 0.1) is 18.5 Å². The lowest BCUT2D eigenvalue weighted by Crippen LogP contribution is -2.46. The highest BCUT2D eigenvalue weighted by atomic mass is 16.5. The van der Waals surface area contributed by atoms with Gasteiger partial charge in [0.15, 0.2) is 0 Å². The number of carbonyl (C=O) groups excluding carboxylic acids is 1. The third-order valence-electron chi connectivity index (χ3n) is 6.80. The number of ether oxygens (including phenoxy) is 1. The van der Waals surface area contributed by atoms with Gasteiger partial charge in [-0.1, -0.05) is 42.8 Å². The summed E-state index contributed by atoms with van der Waals surface area (Å²) in [6.07, 6.45) is 3.36. The van der Waals surface area contributed by atoms with Gasteiger partial charge in [-0.2, -0.15) is 0 Å². The van der Waals surface area contributed by atoms with Crippen LogP contribution >= 0.6 is 0 Å². The third kappa shape index (κ3) is 3.93. The minimum Gasteiger partial charge on any atom is -0.495 e. The third-order valence-corrected chi connectivity index (χ3v) is 6.80. The topological polar surface area (TPSA) is 36.0 Å². The number of nitrogens with zero attached hydrogens (tertiary/aromatic N) is 3. The second kappa shape index (κ2) is 9.21. The van der Waals surface area contributed by atoms with Gasteiger partial charge in [-0.25, -0.2) is 0 Å². The number of hydrogen-bond acceptors (Lipinski definition) is 4. The molecular weight excluding hydrogens is 398 g/mol. The van der Waals surface area contributed by atoms with Crippen LogP contribution in [0, 0.1) is 0 Å². The first kappa shape index (κ1) is 20.8. The quantitative estimate of drug-likeness (QED) is 0.482. The van der Waals surface area contributed by atoms with Crippen molar-refractivity contribution in [1.82, 2.24) is 4.90 Å². The molecule has 166 valence electrons. The second-order valence-corrected chi connectivity index (χ2v) is 8.70. The molecule has 0 spiro atoms. The average molecular weight is 430 g/mol. The van der Waals surface area contributed by atoms with Crippen LogP contribution in [0.25, 0.3) is 10.8 Å². The molecule has 3 aromatic carbocycles. The largest absolute Gasteiger partial charge is 0.495 e. The highest BCUT2D eigenvalue weighted by Crippen LogP contribution is 2.37. The molecule has 32 heavy (non-hydrogen) atoms. The van der Waals surface area contributed by atoms with Gasteiger partial charge in [-0.05, 0) is 49.0 Å². The summed E-state index contributed by atoms with van der Waals surface area (Å²) in [5.41, 5.74) is 3.13. The van der Waals surface area contributed by atoms with Gasteiger partial charge in [0.2, 0.25) is 0 Å². The molecule has 0 radical (unpaired) electrons. The average Bonchev–Trinajstić information content (AvgIpc) is 3.12. The SMILES string of the molecule is COc1ccccc1N1CCN(CCCCCN2C(=O)c3cccc4cccc2c34)CC1. The van der Waals surface area contributed by atoms with Crippen molar-refractivity contribution in [2.45, 2.75) is 19.3 Å². The Morgan fingerprint density at radius 2 is 1.50 bits per heavy atom. The molecule has 3 aromatic rings. The van der Waals surface area contributed by atoms with E-state index in [0.29, 0.717) is 0 Å². The van der Waals surface area contributed by atoms with Crippen LogP contribution < -0.4 is 14.5 Å². The monoisotopic (exact) mass is 429 g/mol. The number of anilines is 2. The number of carbonyl (C=O) groups is 1. The van der Waals surface area contributed by atoms with Gasteiger partial charge in [-0.3, -0.25) is 9.69 Å². The Labute approximate surface area is 190 Å². The first-order valence-corrected chi connectivity index (χ1v) is 11.7. The van der Waals surface area contributed by atoms with Gasteiger partial charge in [0.25, 0.3) is 5.91 Å².